The second-order valence-electron chi connectivity index (χ2n) is 4.62. The molecule has 0 bridgehead atoms. The monoisotopic (exact) mass is 237 g/mol. The SMILES string of the molecule is CCOc1cccc(C(O)C(C)(CC)CN)c1. The van der Waals surface area contributed by atoms with Gasteiger partial charge in [-0.05, 0) is 31.0 Å². The van der Waals surface area contributed by atoms with Crippen LogP contribution in [0.5, 0.6) is 5.75 Å². The average Bonchev–Trinajstić information content (AvgIpc) is 2.37. The Bertz CT molecular complexity index is 348. The fourth-order valence-electron chi connectivity index (χ4n) is 1.79. The molecule has 0 aliphatic carbocycles. The van der Waals surface area contributed by atoms with Gasteiger partial charge in [0.25, 0.3) is 0 Å². The van der Waals surface area contributed by atoms with Crippen molar-refractivity contribution >= 4 is 0 Å². The zero-order chi connectivity index (χ0) is 12.9. The fraction of sp³-hybridized carbons (Fsp3) is 0.571. The van der Waals surface area contributed by atoms with Crippen LogP contribution in [0.3, 0.4) is 0 Å². The van der Waals surface area contributed by atoms with Crippen LogP contribution < -0.4 is 10.5 Å². The molecule has 96 valence electrons. The Labute approximate surface area is 104 Å². The van der Waals surface area contributed by atoms with Crippen LogP contribution in [0.1, 0.15) is 38.9 Å². The van der Waals surface area contributed by atoms with Crippen molar-refractivity contribution in [1.29, 1.82) is 0 Å². The first-order chi connectivity index (χ1) is 8.07. The molecule has 0 aliphatic heterocycles. The minimum absolute atomic E-state index is 0.287. The molecule has 0 saturated heterocycles. The lowest BCUT2D eigenvalue weighted by molar-refractivity contribution is 0.0390. The number of benzene rings is 1. The molecule has 1 rings (SSSR count). The van der Waals surface area contributed by atoms with E-state index in [4.69, 9.17) is 10.5 Å². The summed E-state index contributed by atoms with van der Waals surface area (Å²) < 4.78 is 5.43. The first-order valence-electron chi connectivity index (χ1n) is 6.18. The molecule has 2 atom stereocenters. The van der Waals surface area contributed by atoms with Crippen molar-refractivity contribution in [1.82, 2.24) is 0 Å². The van der Waals surface area contributed by atoms with E-state index in [0.29, 0.717) is 13.2 Å². The molecule has 1 aromatic carbocycles. The van der Waals surface area contributed by atoms with Gasteiger partial charge in [0.2, 0.25) is 0 Å². The van der Waals surface area contributed by atoms with Crippen molar-refractivity contribution < 1.29 is 9.84 Å². The molecule has 0 fully saturated rings. The number of hydrogen-bond donors (Lipinski definition) is 2. The first-order valence-corrected chi connectivity index (χ1v) is 6.18. The molecular formula is C14H23NO2. The zero-order valence-corrected chi connectivity index (χ0v) is 10.9. The van der Waals surface area contributed by atoms with Crippen molar-refractivity contribution in [3.63, 3.8) is 0 Å². The maximum atomic E-state index is 10.4. The second kappa shape index (κ2) is 6.03. The van der Waals surface area contributed by atoms with Crippen LogP contribution in [0, 0.1) is 5.41 Å². The maximum absolute atomic E-state index is 10.4. The van der Waals surface area contributed by atoms with Crippen LogP contribution >= 0.6 is 0 Å². The fourth-order valence-corrected chi connectivity index (χ4v) is 1.79. The van der Waals surface area contributed by atoms with Gasteiger partial charge in [-0.1, -0.05) is 26.0 Å². The Morgan fingerprint density at radius 1 is 1.41 bits per heavy atom. The highest BCUT2D eigenvalue weighted by Gasteiger charge is 2.31. The lowest BCUT2D eigenvalue weighted by Gasteiger charge is -2.32. The summed E-state index contributed by atoms with van der Waals surface area (Å²) >= 11 is 0. The highest BCUT2D eigenvalue weighted by molar-refractivity contribution is 5.30. The molecule has 3 N–H and O–H groups in total. The molecule has 3 nitrogen and oxygen atoms in total. The molecule has 0 saturated carbocycles. The number of nitrogens with two attached hydrogens (primary N) is 1. The van der Waals surface area contributed by atoms with Crippen LogP contribution in [0.25, 0.3) is 0 Å². The Balaban J connectivity index is 2.95. The number of ether oxygens (including phenoxy) is 1. The lowest BCUT2D eigenvalue weighted by Crippen LogP contribution is -2.33. The topological polar surface area (TPSA) is 55.5 Å². The standard InChI is InChI=1S/C14H23NO2/c1-4-14(3,10-15)13(16)11-7-6-8-12(9-11)17-5-2/h6-9,13,16H,4-5,10,15H2,1-3H3. The summed E-state index contributed by atoms with van der Waals surface area (Å²) in [5.41, 5.74) is 6.34. The van der Waals surface area contributed by atoms with E-state index in [1.54, 1.807) is 0 Å². The predicted molar refractivity (Wildman–Crippen MR) is 70.0 cm³/mol. The van der Waals surface area contributed by atoms with Gasteiger partial charge in [0.05, 0.1) is 12.7 Å². The summed E-state index contributed by atoms with van der Waals surface area (Å²) in [6.45, 7) is 7.08. The molecule has 0 spiro atoms. The predicted octanol–water partition coefficient (Wildman–Crippen LogP) is 2.49. The third kappa shape index (κ3) is 3.20. The second-order valence-corrected chi connectivity index (χ2v) is 4.62. The van der Waals surface area contributed by atoms with Crippen molar-refractivity contribution in [2.75, 3.05) is 13.2 Å². The van der Waals surface area contributed by atoms with Gasteiger partial charge in [-0.15, -0.1) is 0 Å². The quantitative estimate of drug-likeness (QED) is 0.799. The summed E-state index contributed by atoms with van der Waals surface area (Å²) in [6, 6.07) is 7.59. The van der Waals surface area contributed by atoms with Crippen LogP contribution in [0.4, 0.5) is 0 Å². The Kier molecular flexibility index (Phi) is 4.97. The molecular weight excluding hydrogens is 214 g/mol. The summed E-state index contributed by atoms with van der Waals surface area (Å²) in [5.74, 6) is 0.791. The van der Waals surface area contributed by atoms with Gasteiger partial charge in [0, 0.05) is 12.0 Å². The van der Waals surface area contributed by atoms with Crippen molar-refractivity contribution in [2.24, 2.45) is 11.1 Å². The maximum Gasteiger partial charge on any atom is 0.119 e. The lowest BCUT2D eigenvalue weighted by atomic mass is 9.78. The van der Waals surface area contributed by atoms with E-state index in [9.17, 15) is 5.11 Å². The third-order valence-electron chi connectivity index (χ3n) is 3.42. The van der Waals surface area contributed by atoms with Gasteiger partial charge in [-0.3, -0.25) is 0 Å². The van der Waals surface area contributed by atoms with Crippen molar-refractivity contribution in [3.8, 4) is 5.75 Å². The van der Waals surface area contributed by atoms with E-state index < -0.39 is 6.10 Å². The molecule has 0 aromatic heterocycles. The van der Waals surface area contributed by atoms with Crippen molar-refractivity contribution in [2.45, 2.75) is 33.3 Å². The van der Waals surface area contributed by atoms with E-state index in [1.807, 2.05) is 45.0 Å². The van der Waals surface area contributed by atoms with E-state index in [1.165, 1.54) is 0 Å². The number of rotatable bonds is 6. The molecule has 17 heavy (non-hydrogen) atoms. The molecule has 2 unspecified atom stereocenters. The van der Waals surface area contributed by atoms with E-state index in [0.717, 1.165) is 17.7 Å². The van der Waals surface area contributed by atoms with Crippen LogP contribution in [0.15, 0.2) is 24.3 Å². The largest absolute Gasteiger partial charge is 0.494 e. The molecule has 0 radical (unpaired) electrons. The summed E-state index contributed by atoms with van der Waals surface area (Å²) in [6.07, 6.45) is 0.279. The van der Waals surface area contributed by atoms with Gasteiger partial charge in [0.1, 0.15) is 5.75 Å². The highest BCUT2D eigenvalue weighted by atomic mass is 16.5. The minimum Gasteiger partial charge on any atom is -0.494 e. The van der Waals surface area contributed by atoms with E-state index >= 15 is 0 Å². The average molecular weight is 237 g/mol. The van der Waals surface area contributed by atoms with Gasteiger partial charge in [-0.2, -0.15) is 0 Å². The molecule has 0 aliphatic rings. The van der Waals surface area contributed by atoms with Gasteiger partial charge < -0.3 is 15.6 Å². The Hall–Kier alpha value is -1.06. The normalized spacial score (nSPS) is 16.3. The van der Waals surface area contributed by atoms with Gasteiger partial charge in [0.15, 0.2) is 0 Å². The molecule has 3 heteroatoms. The zero-order valence-electron chi connectivity index (χ0n) is 10.9. The number of hydrogen-bond acceptors (Lipinski definition) is 3. The molecule has 1 aromatic rings. The summed E-state index contributed by atoms with van der Waals surface area (Å²) in [4.78, 5) is 0. The minimum atomic E-state index is -0.557. The Morgan fingerprint density at radius 2 is 2.12 bits per heavy atom. The number of aliphatic hydroxyl groups is 1. The van der Waals surface area contributed by atoms with Gasteiger partial charge in [-0.25, -0.2) is 0 Å². The van der Waals surface area contributed by atoms with Crippen molar-refractivity contribution in [3.05, 3.63) is 29.8 Å². The highest BCUT2D eigenvalue weighted by Crippen LogP contribution is 2.36. The third-order valence-corrected chi connectivity index (χ3v) is 3.42. The van der Waals surface area contributed by atoms with Crippen LogP contribution in [-0.4, -0.2) is 18.3 Å². The molecule has 0 amide bonds. The molecule has 0 heterocycles. The van der Waals surface area contributed by atoms with Gasteiger partial charge >= 0.3 is 0 Å². The summed E-state index contributed by atoms with van der Waals surface area (Å²) in [5, 5.41) is 10.4. The Morgan fingerprint density at radius 3 is 2.65 bits per heavy atom. The smallest absolute Gasteiger partial charge is 0.119 e. The van der Waals surface area contributed by atoms with Crippen LogP contribution in [0.2, 0.25) is 0 Å². The number of aliphatic hydroxyl groups excluding tert-OH is 1. The van der Waals surface area contributed by atoms with E-state index in [-0.39, 0.29) is 5.41 Å². The van der Waals surface area contributed by atoms with E-state index in [2.05, 4.69) is 0 Å². The summed E-state index contributed by atoms with van der Waals surface area (Å²) in [7, 11) is 0. The first kappa shape index (κ1) is 14.0. The van der Waals surface area contributed by atoms with Crippen LogP contribution in [-0.2, 0) is 0 Å².